The molecule has 0 saturated carbocycles. The molecule has 0 saturated heterocycles. The van der Waals surface area contributed by atoms with Crippen LogP contribution in [0.4, 0.5) is 0 Å². The predicted molar refractivity (Wildman–Crippen MR) is 86.4 cm³/mol. The molecule has 122 valence electrons. The zero-order chi connectivity index (χ0) is 15.3. The second-order valence-electron chi connectivity index (χ2n) is 5.08. The Morgan fingerprint density at radius 3 is 2.00 bits per heavy atom. The van der Waals surface area contributed by atoms with Crippen LogP contribution in [0.1, 0.15) is 71.1 Å². The van der Waals surface area contributed by atoms with Crippen LogP contribution in [0.25, 0.3) is 0 Å². The van der Waals surface area contributed by atoms with Gasteiger partial charge in [0, 0.05) is 6.42 Å². The Bertz CT molecular complexity index is 343. The molecule has 0 fully saturated rings. The molecule has 0 aliphatic rings. The van der Waals surface area contributed by atoms with Gasteiger partial charge in [-0.05, 0) is 12.8 Å². The summed E-state index contributed by atoms with van der Waals surface area (Å²) in [4.78, 5) is 11.3. The molecule has 0 spiro atoms. The van der Waals surface area contributed by atoms with Gasteiger partial charge in [-0.1, -0.05) is 51.9 Å². The molecule has 0 rings (SSSR count). The van der Waals surface area contributed by atoms with E-state index in [9.17, 15) is 13.2 Å². The molecular weight excluding hydrogens is 303 g/mol. The third kappa shape index (κ3) is 20.4. The number of hydrogen-bond acceptors (Lipinski definition) is 4. The molecular formula is C14H29NaO5S. The van der Waals surface area contributed by atoms with Gasteiger partial charge in [0.1, 0.15) is 0 Å². The number of rotatable bonds is 13. The molecule has 0 aromatic heterocycles. The van der Waals surface area contributed by atoms with E-state index in [4.69, 9.17) is 9.29 Å². The third-order valence-electron chi connectivity index (χ3n) is 3.04. The normalized spacial score (nSPS) is 11.0. The quantitative estimate of drug-likeness (QED) is 0.243. The molecule has 0 bridgehead atoms. The fraction of sp³-hybridized carbons (Fsp3) is 0.929. The number of hydrogen-bond donors (Lipinski definition) is 1. The van der Waals surface area contributed by atoms with Crippen LogP contribution in [0.3, 0.4) is 0 Å². The van der Waals surface area contributed by atoms with E-state index in [0.29, 0.717) is 6.42 Å². The van der Waals surface area contributed by atoms with E-state index in [1.165, 1.54) is 32.1 Å². The molecule has 1 N–H and O–H groups in total. The van der Waals surface area contributed by atoms with Crippen LogP contribution in [0.2, 0.25) is 0 Å². The number of carbonyl (C=O) groups is 1. The van der Waals surface area contributed by atoms with Crippen molar-refractivity contribution in [3.63, 3.8) is 0 Å². The topological polar surface area (TPSA) is 80.7 Å². The van der Waals surface area contributed by atoms with E-state index in [0.717, 1.165) is 19.3 Å². The molecule has 0 aliphatic heterocycles. The standard InChI is InChI=1S/C14H28O5S.Na.H/c1-2-3-4-5-6-7-8-9-11-14(15)19-12-10-13-20(16,17)18;;/h2-13H2,1H3,(H,16,17,18);;. The monoisotopic (exact) mass is 332 g/mol. The van der Waals surface area contributed by atoms with Crippen molar-refractivity contribution in [1.82, 2.24) is 0 Å². The second kappa shape index (κ2) is 15.3. The number of carbonyl (C=O) groups excluding carboxylic acids is 1. The van der Waals surface area contributed by atoms with Crippen LogP contribution in [0, 0.1) is 0 Å². The first-order chi connectivity index (χ1) is 9.45. The second-order valence-corrected chi connectivity index (χ2v) is 6.66. The maximum atomic E-state index is 11.3. The van der Waals surface area contributed by atoms with E-state index in [1.807, 2.05) is 0 Å². The molecule has 0 amide bonds. The minimum absolute atomic E-state index is 0. The van der Waals surface area contributed by atoms with Gasteiger partial charge in [-0.25, -0.2) is 0 Å². The zero-order valence-electron chi connectivity index (χ0n) is 12.5. The molecule has 7 heteroatoms. The summed E-state index contributed by atoms with van der Waals surface area (Å²) in [5, 5.41) is 0. The van der Waals surface area contributed by atoms with Gasteiger partial charge in [0.05, 0.1) is 12.4 Å². The van der Waals surface area contributed by atoms with Crippen LogP contribution >= 0.6 is 0 Å². The van der Waals surface area contributed by atoms with E-state index >= 15 is 0 Å². The van der Waals surface area contributed by atoms with Gasteiger partial charge in [0.2, 0.25) is 0 Å². The molecule has 5 nitrogen and oxygen atoms in total. The Labute approximate surface area is 151 Å². The third-order valence-corrected chi connectivity index (χ3v) is 3.85. The first-order valence-electron chi connectivity index (χ1n) is 7.56. The van der Waals surface area contributed by atoms with E-state index in [1.54, 1.807) is 0 Å². The summed E-state index contributed by atoms with van der Waals surface area (Å²) >= 11 is 0. The van der Waals surface area contributed by atoms with Crippen LogP contribution in [0.15, 0.2) is 0 Å². The Morgan fingerprint density at radius 2 is 1.48 bits per heavy atom. The first kappa shape index (κ1) is 23.6. The van der Waals surface area contributed by atoms with Gasteiger partial charge in [0.15, 0.2) is 0 Å². The maximum absolute atomic E-state index is 11.3. The molecule has 0 atom stereocenters. The van der Waals surface area contributed by atoms with Crippen molar-refractivity contribution in [2.45, 2.75) is 71.1 Å². The molecule has 0 heterocycles. The predicted octanol–water partition coefficient (Wildman–Crippen LogP) is 2.69. The Morgan fingerprint density at radius 1 is 0.952 bits per heavy atom. The Balaban J connectivity index is 0. The Hall–Kier alpha value is 0.380. The van der Waals surface area contributed by atoms with Crippen molar-refractivity contribution in [1.29, 1.82) is 0 Å². The first-order valence-corrected chi connectivity index (χ1v) is 9.17. The summed E-state index contributed by atoms with van der Waals surface area (Å²) in [5.74, 6) is -0.649. The summed E-state index contributed by atoms with van der Waals surface area (Å²) in [7, 11) is -3.95. The summed E-state index contributed by atoms with van der Waals surface area (Å²) in [6, 6.07) is 0. The fourth-order valence-electron chi connectivity index (χ4n) is 1.90. The van der Waals surface area contributed by atoms with Gasteiger partial charge < -0.3 is 4.74 Å². The molecule has 0 unspecified atom stereocenters. The van der Waals surface area contributed by atoms with Crippen molar-refractivity contribution < 1.29 is 22.5 Å². The summed E-state index contributed by atoms with van der Waals surface area (Å²) < 4.78 is 34.2. The Kier molecular flexibility index (Phi) is 17.2. The van der Waals surface area contributed by atoms with Gasteiger partial charge in [-0.15, -0.1) is 0 Å². The van der Waals surface area contributed by atoms with Gasteiger partial charge in [-0.2, -0.15) is 8.42 Å². The molecule has 0 aliphatic carbocycles. The van der Waals surface area contributed by atoms with Gasteiger partial charge >= 0.3 is 35.5 Å². The summed E-state index contributed by atoms with van der Waals surface area (Å²) in [6.07, 6.45) is 9.89. The van der Waals surface area contributed by atoms with Crippen LogP contribution < -0.4 is 0 Å². The van der Waals surface area contributed by atoms with Crippen molar-refractivity contribution in [3.8, 4) is 0 Å². The van der Waals surface area contributed by atoms with E-state index in [-0.39, 0.29) is 54.3 Å². The minimum atomic E-state index is -3.95. The van der Waals surface area contributed by atoms with E-state index in [2.05, 4.69) is 6.92 Å². The average molecular weight is 332 g/mol. The summed E-state index contributed by atoms with van der Waals surface area (Å²) in [6.45, 7) is 2.25. The number of esters is 1. The fourth-order valence-corrected chi connectivity index (χ4v) is 2.39. The van der Waals surface area contributed by atoms with Gasteiger partial charge in [-0.3, -0.25) is 9.35 Å². The number of unbranched alkanes of at least 4 members (excludes halogenated alkanes) is 7. The SMILES string of the molecule is CCCCCCCCCCC(=O)OCCCS(=O)(=O)O.[NaH]. The van der Waals surface area contributed by atoms with Crippen LogP contribution in [-0.4, -0.2) is 60.9 Å². The van der Waals surface area contributed by atoms with Gasteiger partial charge in [0.25, 0.3) is 10.1 Å². The molecule has 21 heavy (non-hydrogen) atoms. The molecule has 0 aromatic rings. The zero-order valence-corrected chi connectivity index (χ0v) is 13.3. The van der Waals surface area contributed by atoms with Crippen molar-refractivity contribution in [3.05, 3.63) is 0 Å². The molecule has 0 radical (unpaired) electrons. The van der Waals surface area contributed by atoms with Crippen LogP contribution in [0.5, 0.6) is 0 Å². The number of ether oxygens (including phenoxy) is 1. The van der Waals surface area contributed by atoms with Crippen molar-refractivity contribution >= 4 is 45.6 Å². The molecule has 0 aromatic carbocycles. The summed E-state index contributed by atoms with van der Waals surface area (Å²) in [5.41, 5.74) is 0. The van der Waals surface area contributed by atoms with Crippen molar-refractivity contribution in [2.75, 3.05) is 12.4 Å². The average Bonchev–Trinajstić information content (AvgIpc) is 2.37. The van der Waals surface area contributed by atoms with E-state index < -0.39 is 10.1 Å². The van der Waals surface area contributed by atoms with Crippen LogP contribution in [-0.2, 0) is 19.6 Å². The van der Waals surface area contributed by atoms with Crippen molar-refractivity contribution in [2.24, 2.45) is 0 Å².